The van der Waals surface area contributed by atoms with Gasteiger partial charge in [-0.1, -0.05) is 142 Å². The first-order chi connectivity index (χ1) is 23.8. The topological polar surface area (TPSA) is 93.1 Å². The van der Waals surface area contributed by atoms with Crippen LogP contribution in [0.3, 0.4) is 0 Å². The van der Waals surface area contributed by atoms with Crippen molar-refractivity contribution in [1.29, 1.82) is 0 Å². The predicted octanol–water partition coefficient (Wildman–Crippen LogP) is 9.56. The number of likely N-dealkylation sites (N-methyl/N-ethyl adjacent to an activating group) is 1. The molecule has 0 saturated heterocycles. The normalized spacial score (nSPS) is 11.1. The molecule has 0 bridgehead atoms. The number of hydrogen-bond acceptors (Lipinski definition) is 6. The molecule has 0 aliphatic carbocycles. The van der Waals surface area contributed by atoms with Crippen molar-refractivity contribution in [2.24, 2.45) is 0 Å². The number of carbonyl (C=O) groups excluding carboxylic acids is 3. The molecule has 1 amide bonds. The Bertz CT molecular complexity index is 716. The monoisotopic (exact) mass is 698 g/mol. The molecule has 0 heterocycles. The fraction of sp³-hybridized carbons (Fsp3) is 0.878. The van der Waals surface area contributed by atoms with Crippen LogP contribution in [0.15, 0.2) is 13.2 Å². The molecule has 290 valence electrons. The first-order valence-electron chi connectivity index (χ1n) is 20.3. The van der Waals surface area contributed by atoms with Gasteiger partial charge in [0.05, 0.1) is 46.8 Å². The summed E-state index contributed by atoms with van der Waals surface area (Å²) in [7, 11) is 3.97. The highest BCUT2D eigenvalue weighted by molar-refractivity contribution is 5.76. The van der Waals surface area contributed by atoms with E-state index in [1.54, 1.807) is 4.90 Å². The number of carbonyl (C=O) groups is 3. The minimum atomic E-state index is -0.215. The maximum Gasteiger partial charge on any atom is 0.305 e. The van der Waals surface area contributed by atoms with Crippen molar-refractivity contribution in [2.75, 3.05) is 60.1 Å². The molecule has 0 radical (unpaired) electrons. The van der Waals surface area contributed by atoms with E-state index >= 15 is 0 Å². The average molecular weight is 698 g/mol. The van der Waals surface area contributed by atoms with E-state index in [9.17, 15) is 19.5 Å². The molecular formula is C41H81N2O6+. The van der Waals surface area contributed by atoms with E-state index in [1.807, 2.05) is 14.1 Å². The lowest BCUT2D eigenvalue weighted by atomic mass is 10.1. The average Bonchev–Trinajstić information content (AvgIpc) is 3.08. The van der Waals surface area contributed by atoms with Crippen LogP contribution in [0.1, 0.15) is 174 Å². The number of quaternary nitrogens is 1. The molecule has 0 saturated carbocycles. The Morgan fingerprint density at radius 3 is 1.18 bits per heavy atom. The van der Waals surface area contributed by atoms with Gasteiger partial charge in [0.1, 0.15) is 19.8 Å². The fourth-order valence-corrected chi connectivity index (χ4v) is 5.85. The Balaban J connectivity index is 0. The number of amides is 1. The summed E-state index contributed by atoms with van der Waals surface area (Å²) < 4.78 is 11.5. The van der Waals surface area contributed by atoms with Gasteiger partial charge < -0.3 is 24.0 Å². The number of hydrogen-bond donors (Lipinski definition) is 1. The van der Waals surface area contributed by atoms with Crippen molar-refractivity contribution in [3.63, 3.8) is 0 Å². The van der Waals surface area contributed by atoms with Crippen LogP contribution in [-0.4, -0.2) is 92.4 Å². The summed E-state index contributed by atoms with van der Waals surface area (Å²) in [5.41, 5.74) is 0. The summed E-state index contributed by atoms with van der Waals surface area (Å²) in [6.07, 6.45) is 28.3. The quantitative estimate of drug-likeness (QED) is 0.0307. The number of nitrogens with zero attached hydrogens (tertiary/aromatic N) is 2. The van der Waals surface area contributed by atoms with Crippen molar-refractivity contribution in [1.82, 2.24) is 4.90 Å². The zero-order valence-electron chi connectivity index (χ0n) is 32.9. The maximum absolute atomic E-state index is 13.1. The Morgan fingerprint density at radius 1 is 0.531 bits per heavy atom. The van der Waals surface area contributed by atoms with Gasteiger partial charge >= 0.3 is 11.9 Å². The molecule has 0 aromatic rings. The van der Waals surface area contributed by atoms with Crippen LogP contribution < -0.4 is 0 Å². The summed E-state index contributed by atoms with van der Waals surface area (Å²) in [5.74, 6) is -0.489. The van der Waals surface area contributed by atoms with Crippen molar-refractivity contribution < 1.29 is 33.4 Å². The Kier molecular flexibility index (Phi) is 37.5. The summed E-state index contributed by atoms with van der Waals surface area (Å²) in [6.45, 7) is 12.6. The lowest BCUT2D eigenvalue weighted by Gasteiger charge is -2.30. The predicted molar refractivity (Wildman–Crippen MR) is 205 cm³/mol. The molecule has 8 nitrogen and oxygen atoms in total. The van der Waals surface area contributed by atoms with Gasteiger partial charge in [0.15, 0.2) is 0 Å². The smallest absolute Gasteiger partial charge is 0.305 e. The van der Waals surface area contributed by atoms with Crippen LogP contribution in [0.2, 0.25) is 0 Å². The van der Waals surface area contributed by atoms with Gasteiger partial charge in [0.25, 0.3) is 0 Å². The van der Waals surface area contributed by atoms with Gasteiger partial charge in [-0.15, -0.1) is 13.2 Å². The van der Waals surface area contributed by atoms with Gasteiger partial charge in [0, 0.05) is 12.8 Å². The van der Waals surface area contributed by atoms with Gasteiger partial charge in [-0.2, -0.15) is 0 Å². The first-order valence-corrected chi connectivity index (χ1v) is 20.3. The van der Waals surface area contributed by atoms with E-state index in [-0.39, 0.29) is 50.8 Å². The zero-order valence-corrected chi connectivity index (χ0v) is 32.9. The van der Waals surface area contributed by atoms with Gasteiger partial charge in [-0.3, -0.25) is 14.4 Å². The van der Waals surface area contributed by atoms with Crippen LogP contribution in [0.4, 0.5) is 0 Å². The molecule has 49 heavy (non-hydrogen) atoms. The second kappa shape index (κ2) is 37.3. The van der Waals surface area contributed by atoms with E-state index < -0.39 is 0 Å². The first kappa shape index (κ1) is 49.2. The molecule has 0 aliphatic heterocycles. The van der Waals surface area contributed by atoms with E-state index in [0.717, 1.165) is 38.5 Å². The SMILES string of the molecule is C=C.CCCCCCCCCCCCCC(=O)OCCN(CCOC(=O)CCCCCCCCCCCCC)C(=O)CC[N+](C)(C)CCO. The number of unbranched alkanes of at least 4 members (excludes halogenated alkanes) is 20. The number of aliphatic hydroxyl groups is 1. The lowest BCUT2D eigenvalue weighted by Crippen LogP contribution is -2.45. The van der Waals surface area contributed by atoms with Gasteiger partial charge in [-0.25, -0.2) is 0 Å². The third-order valence-corrected chi connectivity index (χ3v) is 9.21. The standard InChI is InChI=1S/C39H77N2O6.C2H4/c1-5-7-9-11-13-15-17-19-21-23-25-27-38(44)46-35-30-40(37(43)29-32-41(3,4)33-34-42)31-36-47-39(45)28-26-24-22-20-18-16-14-12-10-8-6-2;1-2/h42H,5-36H2,1-4H3;1-2H2/q+1;. The molecule has 0 unspecified atom stereocenters. The summed E-state index contributed by atoms with van der Waals surface area (Å²) in [5, 5.41) is 9.32. The maximum atomic E-state index is 13.1. The molecule has 1 N–H and O–H groups in total. The molecule has 0 atom stereocenters. The van der Waals surface area contributed by atoms with Gasteiger partial charge in [-0.05, 0) is 12.8 Å². The fourth-order valence-electron chi connectivity index (χ4n) is 5.85. The van der Waals surface area contributed by atoms with Crippen molar-refractivity contribution in [2.45, 2.75) is 174 Å². The molecule has 0 rings (SSSR count). The second-order valence-corrected chi connectivity index (χ2v) is 14.2. The third kappa shape index (κ3) is 35.7. The van der Waals surface area contributed by atoms with Gasteiger partial charge in [0.2, 0.25) is 5.91 Å². The van der Waals surface area contributed by atoms with Crippen LogP contribution in [-0.2, 0) is 23.9 Å². The largest absolute Gasteiger partial charge is 0.464 e. The lowest BCUT2D eigenvalue weighted by molar-refractivity contribution is -0.890. The molecule has 0 spiro atoms. The van der Waals surface area contributed by atoms with E-state index in [2.05, 4.69) is 27.0 Å². The molecule has 0 fully saturated rings. The molecule has 8 heteroatoms. The number of esters is 2. The second-order valence-electron chi connectivity index (χ2n) is 14.2. The Hall–Kier alpha value is -1.93. The summed E-state index contributed by atoms with van der Waals surface area (Å²) in [4.78, 5) is 39.4. The highest BCUT2D eigenvalue weighted by Crippen LogP contribution is 2.14. The van der Waals surface area contributed by atoms with Crippen LogP contribution >= 0.6 is 0 Å². The zero-order chi connectivity index (χ0) is 36.9. The summed E-state index contributed by atoms with van der Waals surface area (Å²) in [6, 6.07) is 0. The van der Waals surface area contributed by atoms with Crippen molar-refractivity contribution >= 4 is 17.8 Å². The van der Waals surface area contributed by atoms with E-state index in [4.69, 9.17) is 9.47 Å². The Morgan fingerprint density at radius 2 is 0.857 bits per heavy atom. The highest BCUT2D eigenvalue weighted by Gasteiger charge is 2.21. The van der Waals surface area contributed by atoms with Crippen LogP contribution in [0, 0.1) is 0 Å². The number of rotatable bonds is 35. The van der Waals surface area contributed by atoms with Crippen LogP contribution in [0.25, 0.3) is 0 Å². The molecule has 0 aromatic carbocycles. The molecule has 0 aliphatic rings. The Labute approximate surface area is 303 Å². The van der Waals surface area contributed by atoms with Crippen molar-refractivity contribution in [3.8, 4) is 0 Å². The minimum absolute atomic E-state index is 0.0584. The third-order valence-electron chi connectivity index (χ3n) is 9.21. The highest BCUT2D eigenvalue weighted by atomic mass is 16.5. The minimum Gasteiger partial charge on any atom is -0.464 e. The molecule has 0 aromatic heterocycles. The summed E-state index contributed by atoms with van der Waals surface area (Å²) >= 11 is 0. The number of aliphatic hydroxyl groups excluding tert-OH is 1. The van der Waals surface area contributed by atoms with E-state index in [1.165, 1.54) is 103 Å². The number of ether oxygens (including phenoxy) is 2. The van der Waals surface area contributed by atoms with Crippen molar-refractivity contribution in [3.05, 3.63) is 13.2 Å². The van der Waals surface area contributed by atoms with E-state index in [0.29, 0.717) is 36.8 Å². The molecular weight excluding hydrogens is 616 g/mol. The van der Waals surface area contributed by atoms with Crippen LogP contribution in [0.5, 0.6) is 0 Å².